The van der Waals surface area contributed by atoms with Crippen molar-refractivity contribution < 1.29 is 0 Å². The summed E-state index contributed by atoms with van der Waals surface area (Å²) in [7, 11) is -1.80. The second-order valence-corrected chi connectivity index (χ2v) is 15.2. The molecule has 2 aliphatic carbocycles. The van der Waals surface area contributed by atoms with Gasteiger partial charge >= 0.3 is 190 Å². The summed E-state index contributed by atoms with van der Waals surface area (Å²) in [4.78, 5) is 0. The Labute approximate surface area is 188 Å². The zero-order valence-electron chi connectivity index (χ0n) is 20.2. The van der Waals surface area contributed by atoms with Crippen LogP contribution in [0.5, 0.6) is 0 Å². The Morgan fingerprint density at radius 2 is 1.07 bits per heavy atom. The molecule has 0 spiro atoms. The van der Waals surface area contributed by atoms with E-state index in [0.717, 1.165) is 0 Å². The van der Waals surface area contributed by atoms with E-state index in [1.165, 1.54) is 12.8 Å². The van der Waals surface area contributed by atoms with Crippen LogP contribution < -0.4 is 0 Å². The summed E-state index contributed by atoms with van der Waals surface area (Å²) in [5.41, 5.74) is 3.82. The summed E-state index contributed by atoms with van der Waals surface area (Å²) in [5, 5.41) is 3.51. The van der Waals surface area contributed by atoms with Gasteiger partial charge in [-0.1, -0.05) is 0 Å². The van der Waals surface area contributed by atoms with E-state index in [1.54, 1.807) is 30.0 Å². The van der Waals surface area contributed by atoms with E-state index in [-0.39, 0.29) is 10.8 Å². The molecule has 0 aromatic carbocycles. The van der Waals surface area contributed by atoms with Crippen LogP contribution in [0.25, 0.3) is 0 Å². The van der Waals surface area contributed by atoms with Crippen molar-refractivity contribution in [1.29, 1.82) is 0 Å². The summed E-state index contributed by atoms with van der Waals surface area (Å²) in [6.07, 6.45) is 7.58. The van der Waals surface area contributed by atoms with Crippen molar-refractivity contribution in [2.45, 2.75) is 81.3 Å². The second-order valence-electron chi connectivity index (χ2n) is 11.0. The Kier molecular flexibility index (Phi) is 6.91. The predicted molar refractivity (Wildman–Crippen MR) is 126 cm³/mol. The Bertz CT molecular complexity index is 682. The van der Waals surface area contributed by atoms with Gasteiger partial charge in [0.05, 0.1) is 0 Å². The van der Waals surface area contributed by atoms with Gasteiger partial charge in [0.2, 0.25) is 0 Å². The molecule has 0 radical (unpaired) electrons. The Morgan fingerprint density at radius 3 is 1.33 bits per heavy atom. The van der Waals surface area contributed by atoms with Crippen LogP contribution in [0, 0.1) is 22.7 Å². The minimum atomic E-state index is -1.80. The molecule has 3 heteroatoms. The molecule has 0 aromatic heterocycles. The van der Waals surface area contributed by atoms with Gasteiger partial charge in [0.15, 0.2) is 0 Å². The molecule has 0 fully saturated rings. The molecule has 0 nitrogen and oxygen atoms in total. The summed E-state index contributed by atoms with van der Waals surface area (Å²) < 4.78 is 3.27. The quantitative estimate of drug-likeness (QED) is 0.461. The normalized spacial score (nSPS) is 24.8. The maximum absolute atomic E-state index is 2.62. The number of rotatable bonds is 6. The molecule has 0 amide bonds. The van der Waals surface area contributed by atoms with E-state index in [9.17, 15) is 0 Å². The van der Waals surface area contributed by atoms with Gasteiger partial charge in [-0.3, -0.25) is 0 Å². The van der Waals surface area contributed by atoms with Gasteiger partial charge in [0.25, 0.3) is 0 Å². The maximum atomic E-state index is 2.62. The topological polar surface area (TPSA) is 0 Å². The van der Waals surface area contributed by atoms with Crippen molar-refractivity contribution in [2.75, 3.05) is 0 Å². The number of hydrogen-bond donors (Lipinski definition) is 0. The molecule has 0 saturated heterocycles. The third kappa shape index (κ3) is 4.03. The van der Waals surface area contributed by atoms with E-state index in [2.05, 4.69) is 116 Å². The average Bonchev–Trinajstić information content (AvgIpc) is 3.06. The van der Waals surface area contributed by atoms with Crippen LogP contribution in [0.2, 0.25) is 13.1 Å². The second kappa shape index (κ2) is 7.89. The molecule has 2 aliphatic rings. The molecule has 2 unspecified atom stereocenters. The fourth-order valence-electron chi connectivity index (χ4n) is 5.09. The van der Waals surface area contributed by atoms with Crippen LogP contribution in [0.1, 0.15) is 68.2 Å². The number of hydrogen-bond acceptors (Lipinski definition) is 0. The molecule has 0 aliphatic heterocycles. The van der Waals surface area contributed by atoms with Crippen LogP contribution in [0.15, 0.2) is 42.2 Å². The first-order valence-electron chi connectivity index (χ1n) is 11.1. The zero-order chi connectivity index (χ0) is 20.9. The molecule has 0 saturated carbocycles. The predicted octanol–water partition coefficient (Wildman–Crippen LogP) is 6.64. The van der Waals surface area contributed by atoms with Gasteiger partial charge in [-0.2, -0.15) is 0 Å². The first kappa shape index (κ1) is 23.6. The van der Waals surface area contributed by atoms with E-state index >= 15 is 0 Å². The fourth-order valence-corrected chi connectivity index (χ4v) is 9.96. The summed E-state index contributed by atoms with van der Waals surface area (Å²) in [6, 6.07) is 0. The summed E-state index contributed by atoms with van der Waals surface area (Å²) in [6.45, 7) is 24.5. The van der Waals surface area contributed by atoms with E-state index in [0.29, 0.717) is 11.8 Å². The Balaban J connectivity index is 2.70. The molecular formula is C24H38Li2Si. The molecule has 0 bridgehead atoms. The van der Waals surface area contributed by atoms with Gasteiger partial charge in [-0.25, -0.2) is 0 Å². The molecule has 140 valence electrons. The first-order chi connectivity index (χ1) is 12.2. The minimum absolute atomic E-state index is 0.258. The van der Waals surface area contributed by atoms with Crippen LogP contribution >= 0.6 is 0 Å². The monoisotopic (exact) mass is 368 g/mol. The van der Waals surface area contributed by atoms with Gasteiger partial charge < -0.3 is 0 Å². The Hall–Kier alpha value is 0.372. The van der Waals surface area contributed by atoms with Gasteiger partial charge in [0.1, 0.15) is 0 Å². The molecule has 0 aromatic rings. The molecule has 2 rings (SSSR count). The van der Waals surface area contributed by atoms with Crippen LogP contribution in [0.4, 0.5) is 0 Å². The molecule has 27 heavy (non-hydrogen) atoms. The van der Waals surface area contributed by atoms with Crippen molar-refractivity contribution >= 4 is 43.5 Å². The Morgan fingerprint density at radius 1 is 0.778 bits per heavy atom. The fraction of sp³-hybridized carbons (Fsp3) is 0.667. The average molecular weight is 369 g/mol. The standard InChI is InChI=1S/C24H38Si.2Li/c1-11-23(5,6)19-13-17(3)15-21(19)25(9,10)22-16-18(4)14-20(22)24(7,8)12-2;;/h13-14,17-18H,11-12H2,1-10H3;;. The molecule has 2 atom stereocenters. The van der Waals surface area contributed by atoms with E-state index in [4.69, 9.17) is 0 Å². The molecule has 0 heterocycles. The van der Waals surface area contributed by atoms with Crippen LogP contribution in [-0.2, 0) is 0 Å². The SMILES string of the molecule is [Li][C]1=C([Si](C)(C)C2=[C]([Li])C(C)C=C2C(C)(C)CC)C(C(C)(C)CC)=CC1C. The van der Waals surface area contributed by atoms with Crippen molar-refractivity contribution in [1.82, 2.24) is 0 Å². The van der Waals surface area contributed by atoms with Gasteiger partial charge in [-0.15, -0.1) is 0 Å². The number of allylic oxidation sites excluding steroid dienone is 8. The third-order valence-corrected chi connectivity index (χ3v) is 11.8. The van der Waals surface area contributed by atoms with Crippen molar-refractivity contribution in [3.8, 4) is 0 Å². The molecule has 0 N–H and O–H groups in total. The summed E-state index contributed by atoms with van der Waals surface area (Å²) in [5.74, 6) is 1.16. The van der Waals surface area contributed by atoms with Gasteiger partial charge in [0, 0.05) is 0 Å². The van der Waals surface area contributed by atoms with Crippen LogP contribution in [-0.4, -0.2) is 43.5 Å². The van der Waals surface area contributed by atoms with Crippen molar-refractivity contribution in [3.05, 3.63) is 42.2 Å². The third-order valence-electron chi connectivity index (χ3n) is 8.00. The molecular weight excluding hydrogens is 330 g/mol. The first-order valence-corrected chi connectivity index (χ1v) is 14.1. The van der Waals surface area contributed by atoms with Crippen molar-refractivity contribution in [3.63, 3.8) is 0 Å². The van der Waals surface area contributed by atoms with Gasteiger partial charge in [-0.05, 0) is 0 Å². The zero-order valence-corrected chi connectivity index (χ0v) is 21.2. The van der Waals surface area contributed by atoms with E-state index in [1.807, 2.05) is 0 Å². The van der Waals surface area contributed by atoms with Crippen LogP contribution in [0.3, 0.4) is 0 Å². The van der Waals surface area contributed by atoms with E-state index < -0.39 is 8.07 Å². The summed E-state index contributed by atoms with van der Waals surface area (Å²) >= 11 is 4.82. The van der Waals surface area contributed by atoms with Crippen molar-refractivity contribution in [2.24, 2.45) is 22.7 Å².